The molecular weight excluding hydrogens is 394 g/mol. The van der Waals surface area contributed by atoms with Gasteiger partial charge in [-0.1, -0.05) is 83.2 Å². The Balaban J connectivity index is 2.78. The summed E-state index contributed by atoms with van der Waals surface area (Å²) in [7, 11) is 2.43. The van der Waals surface area contributed by atoms with Gasteiger partial charge in [-0.05, 0) is 23.2 Å². The number of rotatable bonds is 6. The molecule has 0 aliphatic carbocycles. The zero-order valence-electron chi connectivity index (χ0n) is 14.6. The molecular formula is C17H32IO2P. The molecule has 0 amide bonds. The fourth-order valence-corrected chi connectivity index (χ4v) is 4.12. The Labute approximate surface area is 147 Å². The molecule has 0 aromatic rings. The maximum absolute atomic E-state index is 6.13. The highest BCUT2D eigenvalue weighted by atomic mass is 127. The van der Waals surface area contributed by atoms with Crippen molar-refractivity contribution in [3.05, 3.63) is 12.2 Å². The van der Waals surface area contributed by atoms with Crippen LogP contribution in [0.3, 0.4) is 0 Å². The fourth-order valence-electron chi connectivity index (χ4n) is 2.87. The van der Waals surface area contributed by atoms with Crippen LogP contribution in [-0.4, -0.2) is 22.2 Å². The smallest absolute Gasteiger partial charge is 0.101 e. The van der Waals surface area contributed by atoms with Crippen LogP contribution in [0.1, 0.15) is 54.9 Å². The van der Waals surface area contributed by atoms with Gasteiger partial charge in [0.15, 0.2) is 0 Å². The standard InChI is InChI=1S/C17H32IO2P/c1-12(13(20-21)8-9-15(2,3)4)10-17(16(5,6)7)14(11-18)19-17/h8-9,12-14H,10-11,21H2,1-7H3/b9-8+/t12-,13+,14-,17+/m1/s1. The van der Waals surface area contributed by atoms with E-state index in [1.165, 1.54) is 0 Å². The number of halogens is 1. The highest BCUT2D eigenvalue weighted by Crippen LogP contribution is 2.55. The van der Waals surface area contributed by atoms with Gasteiger partial charge in [-0.25, -0.2) is 0 Å². The van der Waals surface area contributed by atoms with Crippen molar-refractivity contribution in [1.29, 1.82) is 0 Å². The monoisotopic (exact) mass is 426 g/mol. The molecule has 0 saturated carbocycles. The molecule has 1 saturated heterocycles. The van der Waals surface area contributed by atoms with Gasteiger partial charge in [-0.2, -0.15) is 0 Å². The van der Waals surface area contributed by atoms with Gasteiger partial charge in [0.1, 0.15) is 5.60 Å². The summed E-state index contributed by atoms with van der Waals surface area (Å²) in [5.41, 5.74) is 0.352. The molecule has 1 fully saturated rings. The normalized spacial score (nSPS) is 29.7. The van der Waals surface area contributed by atoms with Gasteiger partial charge < -0.3 is 9.26 Å². The van der Waals surface area contributed by atoms with Crippen LogP contribution in [0.5, 0.6) is 0 Å². The first-order valence-electron chi connectivity index (χ1n) is 7.75. The molecule has 0 aromatic heterocycles. The van der Waals surface area contributed by atoms with E-state index < -0.39 is 0 Å². The third kappa shape index (κ3) is 5.16. The topological polar surface area (TPSA) is 21.8 Å². The second kappa shape index (κ2) is 7.15. The number of alkyl halides is 1. The molecule has 1 aliphatic rings. The van der Waals surface area contributed by atoms with Crippen molar-refractivity contribution in [2.24, 2.45) is 16.7 Å². The Bertz CT molecular complexity index is 370. The van der Waals surface area contributed by atoms with Crippen LogP contribution in [0.2, 0.25) is 0 Å². The lowest BCUT2D eigenvalue weighted by atomic mass is 9.73. The molecule has 1 aliphatic heterocycles. The van der Waals surface area contributed by atoms with Crippen LogP contribution < -0.4 is 0 Å². The highest BCUT2D eigenvalue weighted by molar-refractivity contribution is 14.1. The molecule has 0 radical (unpaired) electrons. The van der Waals surface area contributed by atoms with Gasteiger partial charge in [0.05, 0.1) is 12.2 Å². The molecule has 4 heteroatoms. The molecule has 0 spiro atoms. The van der Waals surface area contributed by atoms with Gasteiger partial charge >= 0.3 is 0 Å². The summed E-state index contributed by atoms with van der Waals surface area (Å²) in [6, 6.07) is 0. The first kappa shape index (κ1) is 19.9. The summed E-state index contributed by atoms with van der Waals surface area (Å²) < 4.78 is 12.8. The first-order valence-corrected chi connectivity index (χ1v) is 9.75. The first-order chi connectivity index (χ1) is 9.47. The van der Waals surface area contributed by atoms with Gasteiger partial charge in [-0.3, -0.25) is 0 Å². The highest BCUT2D eigenvalue weighted by Gasteiger charge is 2.62. The molecule has 1 unspecified atom stereocenters. The third-order valence-corrected chi connectivity index (χ3v) is 5.47. The van der Waals surface area contributed by atoms with Crippen molar-refractivity contribution in [3.63, 3.8) is 0 Å². The van der Waals surface area contributed by atoms with Crippen LogP contribution in [0.15, 0.2) is 12.2 Å². The van der Waals surface area contributed by atoms with Crippen LogP contribution in [0.25, 0.3) is 0 Å². The van der Waals surface area contributed by atoms with E-state index in [9.17, 15) is 0 Å². The minimum atomic E-state index is 0.00459. The van der Waals surface area contributed by atoms with Crippen LogP contribution in [-0.2, 0) is 9.26 Å². The molecule has 0 bridgehead atoms. The van der Waals surface area contributed by atoms with Crippen molar-refractivity contribution in [2.45, 2.75) is 72.7 Å². The average molecular weight is 426 g/mol. The maximum Gasteiger partial charge on any atom is 0.101 e. The lowest BCUT2D eigenvalue weighted by molar-refractivity contribution is 0.100. The third-order valence-electron chi connectivity index (χ3n) is 4.35. The summed E-state index contributed by atoms with van der Waals surface area (Å²) in [5.74, 6) is 0.424. The largest absolute Gasteiger partial charge is 0.365 e. The fraction of sp³-hybridized carbons (Fsp3) is 0.882. The Hall–Kier alpha value is 0.820. The van der Waals surface area contributed by atoms with Crippen molar-refractivity contribution >= 4 is 32.1 Å². The number of hydrogen-bond donors (Lipinski definition) is 0. The molecule has 124 valence electrons. The van der Waals surface area contributed by atoms with E-state index in [1.807, 2.05) is 0 Å². The van der Waals surface area contributed by atoms with E-state index in [2.05, 4.69) is 92.7 Å². The quantitative estimate of drug-likeness (QED) is 0.186. The lowest BCUT2D eigenvalue weighted by Gasteiger charge is -2.32. The number of ether oxygens (including phenoxy) is 1. The number of epoxide rings is 1. The van der Waals surface area contributed by atoms with Crippen molar-refractivity contribution in [3.8, 4) is 0 Å². The van der Waals surface area contributed by atoms with Crippen molar-refractivity contribution in [1.82, 2.24) is 0 Å². The van der Waals surface area contributed by atoms with E-state index in [1.54, 1.807) is 0 Å². The Morgan fingerprint density at radius 1 is 1.29 bits per heavy atom. The maximum atomic E-state index is 6.13. The van der Waals surface area contributed by atoms with Gasteiger partial charge in [0.2, 0.25) is 0 Å². The summed E-state index contributed by atoms with van der Waals surface area (Å²) >= 11 is 2.43. The Kier molecular flexibility index (Phi) is 6.76. The Morgan fingerprint density at radius 2 is 1.86 bits per heavy atom. The van der Waals surface area contributed by atoms with Crippen molar-refractivity contribution < 1.29 is 9.26 Å². The molecule has 2 nitrogen and oxygen atoms in total. The van der Waals surface area contributed by atoms with E-state index in [-0.39, 0.29) is 22.5 Å². The Morgan fingerprint density at radius 3 is 2.19 bits per heavy atom. The van der Waals surface area contributed by atoms with E-state index in [0.29, 0.717) is 12.0 Å². The minimum absolute atomic E-state index is 0.00459. The predicted molar refractivity (Wildman–Crippen MR) is 103 cm³/mol. The van der Waals surface area contributed by atoms with E-state index in [4.69, 9.17) is 9.26 Å². The zero-order valence-corrected chi connectivity index (χ0v) is 17.9. The molecule has 1 rings (SSSR count). The van der Waals surface area contributed by atoms with E-state index in [0.717, 1.165) is 10.8 Å². The van der Waals surface area contributed by atoms with E-state index >= 15 is 0 Å². The molecule has 21 heavy (non-hydrogen) atoms. The van der Waals surface area contributed by atoms with Gasteiger partial charge in [-0.15, -0.1) is 0 Å². The lowest BCUT2D eigenvalue weighted by Crippen LogP contribution is -2.37. The second-order valence-electron chi connectivity index (χ2n) is 8.41. The second-order valence-corrected chi connectivity index (χ2v) is 9.56. The number of allylic oxidation sites excluding steroid dienone is 1. The van der Waals surface area contributed by atoms with Crippen LogP contribution >= 0.6 is 32.1 Å². The molecule has 5 atom stereocenters. The summed E-state index contributed by atoms with van der Waals surface area (Å²) in [4.78, 5) is 0. The summed E-state index contributed by atoms with van der Waals surface area (Å²) in [6.45, 7) is 15.7. The zero-order chi connectivity index (χ0) is 16.5. The van der Waals surface area contributed by atoms with Crippen LogP contribution in [0, 0.1) is 16.7 Å². The van der Waals surface area contributed by atoms with Crippen LogP contribution in [0.4, 0.5) is 0 Å². The van der Waals surface area contributed by atoms with Gasteiger partial charge in [0, 0.05) is 13.9 Å². The minimum Gasteiger partial charge on any atom is -0.365 e. The van der Waals surface area contributed by atoms with Crippen molar-refractivity contribution in [2.75, 3.05) is 4.43 Å². The predicted octanol–water partition coefficient (Wildman–Crippen LogP) is 5.41. The number of hydrogen-bond acceptors (Lipinski definition) is 2. The molecule has 0 aromatic carbocycles. The molecule has 0 N–H and O–H groups in total. The summed E-state index contributed by atoms with van der Waals surface area (Å²) in [5, 5.41) is 0. The SMILES string of the molecule is C[C@H](C[C@]1(C(C)(C)C)O[C@@H]1CI)[C@H](/C=C/C(C)(C)C)OP. The van der Waals surface area contributed by atoms with Gasteiger partial charge in [0.25, 0.3) is 0 Å². The summed E-state index contributed by atoms with van der Waals surface area (Å²) in [6.07, 6.45) is 5.99. The average Bonchev–Trinajstić information content (AvgIpc) is 3.02. The molecule has 1 heterocycles.